The van der Waals surface area contributed by atoms with Crippen molar-refractivity contribution in [3.8, 4) is 0 Å². The standard InChI is InChI=1S/C14H18ClN3/c1-18(2)9-8-16-10-11-5-6-13(15)12-4-3-7-17-14(11)12/h3-7,16H,8-10H2,1-2H3. The van der Waals surface area contributed by atoms with Gasteiger partial charge < -0.3 is 10.2 Å². The maximum Gasteiger partial charge on any atom is 0.0761 e. The molecule has 1 aromatic carbocycles. The van der Waals surface area contributed by atoms with Crippen LogP contribution < -0.4 is 5.32 Å². The molecule has 18 heavy (non-hydrogen) atoms. The fourth-order valence-corrected chi connectivity index (χ4v) is 2.08. The van der Waals surface area contributed by atoms with Crippen LogP contribution in [0.25, 0.3) is 10.9 Å². The molecule has 2 aromatic rings. The molecule has 0 saturated carbocycles. The van der Waals surface area contributed by atoms with Gasteiger partial charge in [0.2, 0.25) is 0 Å². The predicted molar refractivity (Wildman–Crippen MR) is 77.0 cm³/mol. The van der Waals surface area contributed by atoms with Crippen molar-refractivity contribution in [2.75, 3.05) is 27.2 Å². The van der Waals surface area contributed by atoms with Crippen LogP contribution in [0.2, 0.25) is 5.02 Å². The van der Waals surface area contributed by atoms with Gasteiger partial charge in [-0.05, 0) is 37.9 Å². The van der Waals surface area contributed by atoms with E-state index >= 15 is 0 Å². The molecule has 0 amide bonds. The van der Waals surface area contributed by atoms with Gasteiger partial charge in [-0.1, -0.05) is 17.7 Å². The third kappa shape index (κ3) is 3.19. The summed E-state index contributed by atoms with van der Waals surface area (Å²) in [5.74, 6) is 0. The molecule has 2 rings (SSSR count). The number of nitrogens with one attached hydrogen (secondary N) is 1. The van der Waals surface area contributed by atoms with Gasteiger partial charge in [0.05, 0.1) is 5.52 Å². The molecular formula is C14H18ClN3. The zero-order valence-electron chi connectivity index (χ0n) is 10.8. The van der Waals surface area contributed by atoms with Gasteiger partial charge in [0, 0.05) is 36.2 Å². The molecule has 0 unspecified atom stereocenters. The highest BCUT2D eigenvalue weighted by atomic mass is 35.5. The summed E-state index contributed by atoms with van der Waals surface area (Å²) in [6, 6.07) is 7.90. The van der Waals surface area contributed by atoms with Crippen molar-refractivity contribution in [1.82, 2.24) is 15.2 Å². The van der Waals surface area contributed by atoms with E-state index in [2.05, 4.69) is 29.3 Å². The number of pyridine rings is 1. The summed E-state index contributed by atoms with van der Waals surface area (Å²) in [4.78, 5) is 6.58. The summed E-state index contributed by atoms with van der Waals surface area (Å²) in [5, 5.41) is 5.20. The highest BCUT2D eigenvalue weighted by Crippen LogP contribution is 2.24. The molecule has 4 heteroatoms. The predicted octanol–water partition coefficient (Wildman–Crippen LogP) is 2.54. The molecule has 0 radical (unpaired) electrons. The molecule has 1 N–H and O–H groups in total. The number of likely N-dealkylation sites (N-methyl/N-ethyl adjacent to an activating group) is 1. The van der Waals surface area contributed by atoms with E-state index in [9.17, 15) is 0 Å². The quantitative estimate of drug-likeness (QED) is 0.841. The topological polar surface area (TPSA) is 28.2 Å². The molecule has 1 heterocycles. The van der Waals surface area contributed by atoms with Gasteiger partial charge in [-0.15, -0.1) is 0 Å². The minimum atomic E-state index is 0.759. The van der Waals surface area contributed by atoms with Gasteiger partial charge in [0.25, 0.3) is 0 Å². The second kappa shape index (κ2) is 6.14. The first-order chi connectivity index (χ1) is 8.68. The second-order valence-electron chi connectivity index (χ2n) is 4.59. The monoisotopic (exact) mass is 263 g/mol. The fourth-order valence-electron chi connectivity index (χ4n) is 1.86. The summed E-state index contributed by atoms with van der Waals surface area (Å²) in [6.07, 6.45) is 1.81. The number of rotatable bonds is 5. The van der Waals surface area contributed by atoms with E-state index in [-0.39, 0.29) is 0 Å². The van der Waals surface area contributed by atoms with Gasteiger partial charge in [-0.3, -0.25) is 4.98 Å². The Bertz CT molecular complexity index is 525. The first-order valence-corrected chi connectivity index (χ1v) is 6.44. The Morgan fingerprint density at radius 1 is 1.28 bits per heavy atom. The number of aromatic nitrogens is 1. The molecule has 0 fully saturated rings. The van der Waals surface area contributed by atoms with Crippen molar-refractivity contribution in [2.45, 2.75) is 6.54 Å². The highest BCUT2D eigenvalue weighted by Gasteiger charge is 2.05. The summed E-state index contributed by atoms with van der Waals surface area (Å²) >= 11 is 6.16. The molecule has 0 spiro atoms. The number of benzene rings is 1. The maximum absolute atomic E-state index is 6.16. The van der Waals surface area contributed by atoms with E-state index in [1.54, 1.807) is 0 Å². The van der Waals surface area contributed by atoms with Crippen LogP contribution in [-0.2, 0) is 6.54 Å². The van der Waals surface area contributed by atoms with Gasteiger partial charge in [-0.25, -0.2) is 0 Å². The Morgan fingerprint density at radius 3 is 2.89 bits per heavy atom. The Kier molecular flexibility index (Phi) is 4.53. The molecule has 0 atom stereocenters. The minimum Gasteiger partial charge on any atom is -0.311 e. The summed E-state index contributed by atoms with van der Waals surface area (Å²) in [5.41, 5.74) is 2.18. The van der Waals surface area contributed by atoms with Crippen LogP contribution in [0.3, 0.4) is 0 Å². The minimum absolute atomic E-state index is 0.759. The smallest absolute Gasteiger partial charge is 0.0761 e. The Hall–Kier alpha value is -1.16. The zero-order valence-corrected chi connectivity index (χ0v) is 11.5. The molecule has 0 aliphatic carbocycles. The number of halogens is 1. The Labute approximate surface area is 113 Å². The first kappa shape index (κ1) is 13.3. The number of fused-ring (bicyclic) bond motifs is 1. The van der Waals surface area contributed by atoms with E-state index in [1.165, 1.54) is 5.56 Å². The van der Waals surface area contributed by atoms with E-state index in [4.69, 9.17) is 11.6 Å². The van der Waals surface area contributed by atoms with Gasteiger partial charge in [0.15, 0.2) is 0 Å². The third-order valence-corrected chi connectivity index (χ3v) is 3.18. The molecule has 0 saturated heterocycles. The lowest BCUT2D eigenvalue weighted by molar-refractivity contribution is 0.400. The lowest BCUT2D eigenvalue weighted by atomic mass is 10.1. The Morgan fingerprint density at radius 2 is 2.11 bits per heavy atom. The number of hydrogen-bond donors (Lipinski definition) is 1. The van der Waals surface area contributed by atoms with Crippen molar-refractivity contribution < 1.29 is 0 Å². The lowest BCUT2D eigenvalue weighted by Crippen LogP contribution is -2.26. The molecule has 0 aliphatic rings. The van der Waals surface area contributed by atoms with E-state index < -0.39 is 0 Å². The SMILES string of the molecule is CN(C)CCNCc1ccc(Cl)c2cccnc12. The normalized spacial score (nSPS) is 11.3. The summed E-state index contributed by atoms with van der Waals surface area (Å²) < 4.78 is 0. The number of hydrogen-bond acceptors (Lipinski definition) is 3. The summed E-state index contributed by atoms with van der Waals surface area (Å²) in [6.45, 7) is 2.81. The highest BCUT2D eigenvalue weighted by molar-refractivity contribution is 6.35. The fraction of sp³-hybridized carbons (Fsp3) is 0.357. The molecule has 96 valence electrons. The van der Waals surface area contributed by atoms with Crippen LogP contribution in [-0.4, -0.2) is 37.1 Å². The average molecular weight is 264 g/mol. The van der Waals surface area contributed by atoms with Crippen LogP contribution in [0.4, 0.5) is 0 Å². The summed E-state index contributed by atoms with van der Waals surface area (Å²) in [7, 11) is 4.14. The van der Waals surface area contributed by atoms with E-state index in [0.717, 1.165) is 35.6 Å². The van der Waals surface area contributed by atoms with Crippen LogP contribution in [0.1, 0.15) is 5.56 Å². The molecular weight excluding hydrogens is 246 g/mol. The molecule has 0 bridgehead atoms. The van der Waals surface area contributed by atoms with Crippen LogP contribution in [0.15, 0.2) is 30.5 Å². The zero-order chi connectivity index (χ0) is 13.0. The average Bonchev–Trinajstić information content (AvgIpc) is 2.37. The van der Waals surface area contributed by atoms with Crippen molar-refractivity contribution in [3.63, 3.8) is 0 Å². The van der Waals surface area contributed by atoms with E-state index in [1.807, 2.05) is 30.5 Å². The molecule has 0 aliphatic heterocycles. The third-order valence-electron chi connectivity index (χ3n) is 2.85. The number of nitrogens with zero attached hydrogens (tertiary/aromatic N) is 2. The van der Waals surface area contributed by atoms with Crippen molar-refractivity contribution in [2.24, 2.45) is 0 Å². The lowest BCUT2D eigenvalue weighted by Gasteiger charge is -2.11. The van der Waals surface area contributed by atoms with E-state index in [0.29, 0.717) is 0 Å². The van der Waals surface area contributed by atoms with Crippen LogP contribution in [0.5, 0.6) is 0 Å². The Balaban J connectivity index is 2.11. The largest absolute Gasteiger partial charge is 0.311 e. The van der Waals surface area contributed by atoms with Crippen LogP contribution in [0, 0.1) is 0 Å². The van der Waals surface area contributed by atoms with Gasteiger partial charge in [0.1, 0.15) is 0 Å². The molecule has 3 nitrogen and oxygen atoms in total. The first-order valence-electron chi connectivity index (χ1n) is 6.06. The second-order valence-corrected chi connectivity index (χ2v) is 4.99. The van der Waals surface area contributed by atoms with Crippen molar-refractivity contribution in [3.05, 3.63) is 41.0 Å². The van der Waals surface area contributed by atoms with Crippen LogP contribution >= 0.6 is 11.6 Å². The van der Waals surface area contributed by atoms with Gasteiger partial charge >= 0.3 is 0 Å². The van der Waals surface area contributed by atoms with Crippen molar-refractivity contribution in [1.29, 1.82) is 0 Å². The molecule has 1 aromatic heterocycles. The maximum atomic E-state index is 6.16. The van der Waals surface area contributed by atoms with Gasteiger partial charge in [-0.2, -0.15) is 0 Å². The van der Waals surface area contributed by atoms with Crippen molar-refractivity contribution >= 4 is 22.5 Å².